The number of nitrogens with one attached hydrogen (secondary N) is 2. The third kappa shape index (κ3) is 3.81. The molecule has 29 heavy (non-hydrogen) atoms. The summed E-state index contributed by atoms with van der Waals surface area (Å²) in [7, 11) is 0. The molecule has 6 N–H and O–H groups in total. The Morgan fingerprint density at radius 2 is 1.90 bits per heavy atom. The maximum Gasteiger partial charge on any atom is 0.252 e. The third-order valence-electron chi connectivity index (χ3n) is 5.19. The zero-order valence-electron chi connectivity index (χ0n) is 15.7. The Balaban J connectivity index is 1.72. The number of nitrogens with two attached hydrogens (primary N) is 2. The van der Waals surface area contributed by atoms with Crippen LogP contribution in [0.5, 0.6) is 0 Å². The van der Waals surface area contributed by atoms with Gasteiger partial charge in [-0.3, -0.25) is 9.78 Å². The van der Waals surface area contributed by atoms with Crippen LogP contribution < -0.4 is 22.1 Å². The summed E-state index contributed by atoms with van der Waals surface area (Å²) < 4.78 is 15.4. The number of halogens is 1. The molecule has 2 unspecified atom stereocenters. The van der Waals surface area contributed by atoms with Crippen LogP contribution in [0.25, 0.3) is 10.9 Å². The van der Waals surface area contributed by atoms with Crippen molar-refractivity contribution in [2.24, 2.45) is 11.5 Å². The number of rotatable bonds is 5. The Labute approximate surface area is 166 Å². The average Bonchev–Trinajstić information content (AvgIpc) is 2.72. The molecule has 0 aromatic carbocycles. The highest BCUT2D eigenvalue weighted by Gasteiger charge is 2.24. The van der Waals surface area contributed by atoms with Gasteiger partial charge in [0.1, 0.15) is 11.6 Å². The van der Waals surface area contributed by atoms with E-state index in [1.165, 1.54) is 18.5 Å². The van der Waals surface area contributed by atoms with Crippen molar-refractivity contribution in [3.05, 3.63) is 48.2 Å². The zero-order valence-corrected chi connectivity index (χ0v) is 15.7. The molecule has 1 amide bonds. The van der Waals surface area contributed by atoms with Crippen molar-refractivity contribution < 1.29 is 9.18 Å². The molecule has 0 bridgehead atoms. The van der Waals surface area contributed by atoms with Crippen molar-refractivity contribution in [3.8, 4) is 0 Å². The van der Waals surface area contributed by atoms with E-state index in [0.29, 0.717) is 11.3 Å². The number of primary amides is 1. The predicted molar refractivity (Wildman–Crippen MR) is 109 cm³/mol. The van der Waals surface area contributed by atoms with Gasteiger partial charge in [0.15, 0.2) is 5.82 Å². The van der Waals surface area contributed by atoms with E-state index in [9.17, 15) is 4.79 Å². The van der Waals surface area contributed by atoms with Crippen LogP contribution in [0.15, 0.2) is 36.8 Å². The molecule has 3 aromatic rings. The Hall–Kier alpha value is -3.33. The SMILES string of the molecule is NC(=O)c1cccnc1Nc1cnc2ccnc(NC3CCCCC3N)c2c1F. The summed E-state index contributed by atoms with van der Waals surface area (Å²) in [4.78, 5) is 24.4. The minimum atomic E-state index is -0.662. The quantitative estimate of drug-likeness (QED) is 0.522. The van der Waals surface area contributed by atoms with E-state index in [0.717, 1.165) is 25.7 Å². The molecule has 3 heterocycles. The Kier molecular flexibility index (Phi) is 5.22. The van der Waals surface area contributed by atoms with E-state index in [2.05, 4.69) is 25.6 Å². The summed E-state index contributed by atoms with van der Waals surface area (Å²) in [6.45, 7) is 0. The van der Waals surface area contributed by atoms with Crippen molar-refractivity contribution >= 4 is 34.1 Å². The highest BCUT2D eigenvalue weighted by Crippen LogP contribution is 2.31. The highest BCUT2D eigenvalue weighted by atomic mass is 19.1. The van der Waals surface area contributed by atoms with E-state index in [1.807, 2.05) is 0 Å². The Morgan fingerprint density at radius 1 is 1.10 bits per heavy atom. The summed E-state index contributed by atoms with van der Waals surface area (Å²) in [5.74, 6) is -0.650. The van der Waals surface area contributed by atoms with Gasteiger partial charge in [0.2, 0.25) is 0 Å². The van der Waals surface area contributed by atoms with Gasteiger partial charge in [0.05, 0.1) is 28.4 Å². The Bertz CT molecular complexity index is 1060. The molecule has 1 aliphatic carbocycles. The first kappa shape index (κ1) is 19.0. The fourth-order valence-corrected chi connectivity index (χ4v) is 3.64. The van der Waals surface area contributed by atoms with Gasteiger partial charge >= 0.3 is 0 Å². The van der Waals surface area contributed by atoms with Gasteiger partial charge in [-0.15, -0.1) is 0 Å². The van der Waals surface area contributed by atoms with Gasteiger partial charge in [-0.2, -0.15) is 0 Å². The van der Waals surface area contributed by atoms with E-state index in [1.54, 1.807) is 18.3 Å². The fourth-order valence-electron chi connectivity index (χ4n) is 3.64. The minimum Gasteiger partial charge on any atom is -0.365 e. The first-order chi connectivity index (χ1) is 14.0. The van der Waals surface area contributed by atoms with Crippen LogP contribution in [0, 0.1) is 5.82 Å². The van der Waals surface area contributed by atoms with Crippen LogP contribution in [0.4, 0.5) is 21.7 Å². The first-order valence-electron chi connectivity index (χ1n) is 9.52. The topological polar surface area (TPSA) is 132 Å². The van der Waals surface area contributed by atoms with Gasteiger partial charge in [-0.1, -0.05) is 12.8 Å². The van der Waals surface area contributed by atoms with Gasteiger partial charge in [0, 0.05) is 24.5 Å². The number of aromatic nitrogens is 3. The molecule has 3 aromatic heterocycles. The van der Waals surface area contributed by atoms with Crippen molar-refractivity contribution in [1.29, 1.82) is 0 Å². The molecule has 1 aliphatic rings. The highest BCUT2D eigenvalue weighted by molar-refractivity contribution is 5.99. The lowest BCUT2D eigenvalue weighted by atomic mass is 9.91. The van der Waals surface area contributed by atoms with E-state index in [4.69, 9.17) is 11.5 Å². The number of fused-ring (bicyclic) bond motifs is 1. The molecule has 2 atom stereocenters. The second-order valence-electron chi connectivity index (χ2n) is 7.13. The van der Waals surface area contributed by atoms with Crippen molar-refractivity contribution in [1.82, 2.24) is 15.0 Å². The zero-order chi connectivity index (χ0) is 20.4. The fraction of sp³-hybridized carbons (Fsp3) is 0.300. The largest absolute Gasteiger partial charge is 0.365 e. The normalized spacial score (nSPS) is 19.1. The van der Waals surface area contributed by atoms with Gasteiger partial charge in [-0.25, -0.2) is 14.4 Å². The van der Waals surface area contributed by atoms with Crippen LogP contribution in [-0.2, 0) is 0 Å². The number of carbonyl (C=O) groups excluding carboxylic acids is 1. The number of hydrogen-bond acceptors (Lipinski definition) is 7. The molecule has 0 spiro atoms. The molecule has 0 saturated heterocycles. The molecule has 0 aliphatic heterocycles. The van der Waals surface area contributed by atoms with Crippen LogP contribution in [0.1, 0.15) is 36.0 Å². The van der Waals surface area contributed by atoms with Crippen LogP contribution in [0.2, 0.25) is 0 Å². The molecule has 4 rings (SSSR count). The molecule has 8 nitrogen and oxygen atoms in total. The molecule has 1 fully saturated rings. The third-order valence-corrected chi connectivity index (χ3v) is 5.19. The summed E-state index contributed by atoms with van der Waals surface area (Å²) in [6, 6.07) is 4.76. The Morgan fingerprint density at radius 3 is 2.69 bits per heavy atom. The summed E-state index contributed by atoms with van der Waals surface area (Å²) in [5, 5.41) is 6.38. The first-order valence-corrected chi connectivity index (χ1v) is 9.52. The van der Waals surface area contributed by atoms with Crippen LogP contribution >= 0.6 is 0 Å². The van der Waals surface area contributed by atoms with Crippen molar-refractivity contribution in [2.45, 2.75) is 37.8 Å². The lowest BCUT2D eigenvalue weighted by molar-refractivity contribution is 0.100. The van der Waals surface area contributed by atoms with Gasteiger partial charge < -0.3 is 22.1 Å². The van der Waals surface area contributed by atoms with Gasteiger partial charge in [0.25, 0.3) is 5.91 Å². The maximum absolute atomic E-state index is 15.4. The lowest BCUT2D eigenvalue weighted by Gasteiger charge is -2.30. The number of anilines is 3. The number of amides is 1. The monoisotopic (exact) mass is 395 g/mol. The minimum absolute atomic E-state index is 0.00947. The van der Waals surface area contributed by atoms with Crippen molar-refractivity contribution in [2.75, 3.05) is 10.6 Å². The van der Waals surface area contributed by atoms with Crippen LogP contribution in [0.3, 0.4) is 0 Å². The van der Waals surface area contributed by atoms with E-state index >= 15 is 4.39 Å². The predicted octanol–water partition coefficient (Wildman–Crippen LogP) is 2.69. The maximum atomic E-state index is 15.4. The van der Waals surface area contributed by atoms with E-state index in [-0.39, 0.29) is 34.5 Å². The van der Waals surface area contributed by atoms with Gasteiger partial charge in [-0.05, 0) is 31.0 Å². The smallest absolute Gasteiger partial charge is 0.252 e. The standard InChI is InChI=1S/C20H22FN7O/c21-17-15(28-19-11(18(23)29)4-3-8-24-19)10-26-14-7-9-25-20(16(14)17)27-13-6-2-1-5-12(13)22/h3-4,7-10,12-13H,1-2,5-6,22H2,(H2,23,29)(H,24,28)(H,25,27). The van der Waals surface area contributed by atoms with Crippen LogP contribution in [-0.4, -0.2) is 32.9 Å². The second kappa shape index (κ2) is 7.96. The molecular weight excluding hydrogens is 373 g/mol. The molecular formula is C20H22FN7O. The number of nitrogens with zero attached hydrogens (tertiary/aromatic N) is 3. The average molecular weight is 395 g/mol. The van der Waals surface area contributed by atoms with E-state index < -0.39 is 11.7 Å². The van der Waals surface area contributed by atoms with Crippen molar-refractivity contribution in [3.63, 3.8) is 0 Å². The summed E-state index contributed by atoms with van der Waals surface area (Å²) in [5.41, 5.74) is 12.3. The molecule has 150 valence electrons. The number of pyridine rings is 3. The lowest BCUT2D eigenvalue weighted by Crippen LogP contribution is -2.42. The number of carbonyl (C=O) groups is 1. The second-order valence-corrected chi connectivity index (χ2v) is 7.13. The molecule has 1 saturated carbocycles. The number of hydrogen-bond donors (Lipinski definition) is 4. The molecule has 0 radical (unpaired) electrons. The summed E-state index contributed by atoms with van der Waals surface area (Å²) >= 11 is 0. The molecule has 9 heteroatoms. The summed E-state index contributed by atoms with van der Waals surface area (Å²) in [6.07, 6.45) is 8.42.